The van der Waals surface area contributed by atoms with Crippen molar-refractivity contribution in [1.29, 1.82) is 0 Å². The maximum Gasteiger partial charge on any atom is 0.316 e. The number of benzene rings is 1. The quantitative estimate of drug-likeness (QED) is 0.793. The zero-order chi connectivity index (χ0) is 19.6. The Morgan fingerprint density at radius 3 is 2.68 bits per heavy atom. The molecule has 3 heterocycles. The highest BCUT2D eigenvalue weighted by Crippen LogP contribution is 2.41. The Balaban J connectivity index is 1.42. The second kappa shape index (κ2) is 7.83. The van der Waals surface area contributed by atoms with Crippen molar-refractivity contribution < 1.29 is 13.9 Å². The van der Waals surface area contributed by atoms with Gasteiger partial charge in [0.15, 0.2) is 0 Å². The zero-order valence-corrected chi connectivity index (χ0v) is 16.1. The number of likely N-dealkylation sites (tertiary alicyclic amines) is 2. The molecule has 1 amide bonds. The minimum Gasteiger partial charge on any atom is -0.467 e. The molecule has 2 aliphatic rings. The molecule has 148 valence electrons. The van der Waals surface area contributed by atoms with Gasteiger partial charge in [-0.15, -0.1) is 0 Å². The van der Waals surface area contributed by atoms with Crippen LogP contribution in [0.4, 0.5) is 4.39 Å². The largest absolute Gasteiger partial charge is 0.467 e. The first-order chi connectivity index (χ1) is 13.6. The van der Waals surface area contributed by atoms with Crippen molar-refractivity contribution in [2.75, 3.05) is 26.7 Å². The monoisotopic (exact) mass is 384 g/mol. The molecule has 7 heteroatoms. The first kappa shape index (κ1) is 18.8. The number of hydrogen-bond donors (Lipinski definition) is 0. The highest BCUT2D eigenvalue weighted by Gasteiger charge is 2.48. The van der Waals surface area contributed by atoms with Gasteiger partial charge >= 0.3 is 6.01 Å². The fraction of sp³-hybridized carbons (Fsp3) is 0.476. The number of amides is 1. The van der Waals surface area contributed by atoms with Crippen LogP contribution in [-0.2, 0) is 17.9 Å². The molecule has 2 aromatic rings. The van der Waals surface area contributed by atoms with E-state index in [1.54, 1.807) is 31.6 Å². The van der Waals surface area contributed by atoms with Crippen LogP contribution in [0.5, 0.6) is 6.01 Å². The van der Waals surface area contributed by atoms with E-state index in [2.05, 4.69) is 14.9 Å². The van der Waals surface area contributed by atoms with Crippen molar-refractivity contribution in [3.05, 3.63) is 53.6 Å². The molecule has 0 N–H and O–H groups in total. The number of piperidine rings is 1. The summed E-state index contributed by atoms with van der Waals surface area (Å²) < 4.78 is 19.0. The second-order valence-corrected chi connectivity index (χ2v) is 7.74. The van der Waals surface area contributed by atoms with Crippen molar-refractivity contribution >= 4 is 5.91 Å². The van der Waals surface area contributed by atoms with Gasteiger partial charge in [0.1, 0.15) is 5.82 Å². The van der Waals surface area contributed by atoms with Gasteiger partial charge in [-0.25, -0.2) is 14.4 Å². The number of carbonyl (C=O) groups is 1. The summed E-state index contributed by atoms with van der Waals surface area (Å²) in [5.41, 5.74) is 1.24. The van der Waals surface area contributed by atoms with E-state index in [1.165, 1.54) is 6.07 Å². The number of methoxy groups -OCH3 is 1. The van der Waals surface area contributed by atoms with Crippen LogP contribution in [0.1, 0.15) is 30.4 Å². The molecule has 1 spiro atoms. The van der Waals surface area contributed by atoms with Gasteiger partial charge in [0.05, 0.1) is 12.5 Å². The first-order valence-electron chi connectivity index (χ1n) is 9.70. The standard InChI is InChI=1S/C21H25FN4O2/c1-28-20-23-11-16(12-24-20)13-25-10-8-21(15-25)7-4-9-26(19(21)27)14-17-5-2-3-6-18(17)22/h2-3,5-6,11-12H,4,7-10,13-15H2,1H3. The van der Waals surface area contributed by atoms with Gasteiger partial charge in [-0.05, 0) is 31.9 Å². The fourth-order valence-corrected chi connectivity index (χ4v) is 4.40. The van der Waals surface area contributed by atoms with Gasteiger partial charge in [-0.3, -0.25) is 9.69 Å². The van der Waals surface area contributed by atoms with Crippen LogP contribution >= 0.6 is 0 Å². The van der Waals surface area contributed by atoms with Crippen molar-refractivity contribution in [3.63, 3.8) is 0 Å². The lowest BCUT2D eigenvalue weighted by atomic mass is 9.78. The van der Waals surface area contributed by atoms with Gasteiger partial charge in [0.25, 0.3) is 0 Å². The maximum atomic E-state index is 14.0. The molecule has 0 radical (unpaired) electrons. The van der Waals surface area contributed by atoms with E-state index in [9.17, 15) is 9.18 Å². The Morgan fingerprint density at radius 1 is 1.14 bits per heavy atom. The van der Waals surface area contributed by atoms with Crippen LogP contribution in [0.3, 0.4) is 0 Å². The number of hydrogen-bond acceptors (Lipinski definition) is 5. The van der Waals surface area contributed by atoms with Gasteiger partial charge in [-0.2, -0.15) is 0 Å². The van der Waals surface area contributed by atoms with Crippen molar-refractivity contribution in [3.8, 4) is 6.01 Å². The third-order valence-corrected chi connectivity index (χ3v) is 5.85. The summed E-state index contributed by atoms with van der Waals surface area (Å²) in [6, 6.07) is 7.06. The van der Waals surface area contributed by atoms with E-state index in [0.29, 0.717) is 31.2 Å². The SMILES string of the molecule is COc1ncc(CN2CCC3(CCCN(Cc4ccccc4F)C3=O)C2)cn1. The molecule has 1 unspecified atom stereocenters. The summed E-state index contributed by atoms with van der Waals surface area (Å²) in [5.74, 6) is -0.0852. The van der Waals surface area contributed by atoms with Crippen LogP contribution < -0.4 is 4.74 Å². The van der Waals surface area contributed by atoms with Crippen LogP contribution in [-0.4, -0.2) is 52.4 Å². The lowest BCUT2D eigenvalue weighted by Gasteiger charge is -2.39. The third kappa shape index (κ3) is 3.71. The Hall–Kier alpha value is -2.54. The summed E-state index contributed by atoms with van der Waals surface area (Å²) in [5, 5.41) is 0. The van der Waals surface area contributed by atoms with Crippen LogP contribution in [0, 0.1) is 11.2 Å². The Morgan fingerprint density at radius 2 is 1.93 bits per heavy atom. The average molecular weight is 384 g/mol. The van der Waals surface area contributed by atoms with E-state index < -0.39 is 0 Å². The molecule has 0 saturated carbocycles. The van der Waals surface area contributed by atoms with Gasteiger partial charge in [0, 0.05) is 49.7 Å². The average Bonchev–Trinajstić information content (AvgIpc) is 3.11. The molecule has 6 nitrogen and oxygen atoms in total. The molecule has 2 saturated heterocycles. The first-order valence-corrected chi connectivity index (χ1v) is 9.70. The Kier molecular flexibility index (Phi) is 5.26. The summed E-state index contributed by atoms with van der Waals surface area (Å²) >= 11 is 0. The van der Waals surface area contributed by atoms with Crippen LogP contribution in [0.25, 0.3) is 0 Å². The third-order valence-electron chi connectivity index (χ3n) is 5.85. The molecule has 0 aliphatic carbocycles. The van der Waals surface area contributed by atoms with Crippen molar-refractivity contribution in [1.82, 2.24) is 19.8 Å². The topological polar surface area (TPSA) is 58.6 Å². The molecule has 1 aromatic heterocycles. The normalized spacial score (nSPS) is 22.8. The summed E-state index contributed by atoms with van der Waals surface area (Å²) in [4.78, 5) is 25.7. The maximum absolute atomic E-state index is 14.0. The zero-order valence-electron chi connectivity index (χ0n) is 16.1. The molecule has 0 bridgehead atoms. The predicted octanol–water partition coefficient (Wildman–Crippen LogP) is 2.64. The van der Waals surface area contributed by atoms with Crippen molar-refractivity contribution in [2.24, 2.45) is 5.41 Å². The van der Waals surface area contributed by atoms with Crippen molar-refractivity contribution in [2.45, 2.75) is 32.4 Å². The second-order valence-electron chi connectivity index (χ2n) is 7.74. The summed E-state index contributed by atoms with van der Waals surface area (Å²) in [7, 11) is 1.54. The molecule has 1 atom stereocenters. The number of carbonyl (C=O) groups excluding carboxylic acids is 1. The van der Waals surface area contributed by atoms with E-state index in [4.69, 9.17) is 4.74 Å². The molecular formula is C21H25FN4O2. The molecule has 28 heavy (non-hydrogen) atoms. The predicted molar refractivity (Wildman–Crippen MR) is 102 cm³/mol. The smallest absolute Gasteiger partial charge is 0.316 e. The van der Waals surface area contributed by atoms with Gasteiger partial charge in [-0.1, -0.05) is 18.2 Å². The highest BCUT2D eigenvalue weighted by atomic mass is 19.1. The number of ether oxygens (including phenoxy) is 1. The number of rotatable bonds is 5. The van der Waals surface area contributed by atoms with Crippen LogP contribution in [0.15, 0.2) is 36.7 Å². The molecule has 1 aromatic carbocycles. The van der Waals surface area contributed by atoms with Crippen LogP contribution in [0.2, 0.25) is 0 Å². The van der Waals surface area contributed by atoms with E-state index in [-0.39, 0.29) is 17.1 Å². The minimum atomic E-state index is -0.350. The van der Waals surface area contributed by atoms with Gasteiger partial charge in [0.2, 0.25) is 5.91 Å². The lowest BCUT2D eigenvalue weighted by molar-refractivity contribution is -0.146. The minimum absolute atomic E-state index is 0.162. The Bertz CT molecular complexity index is 845. The fourth-order valence-electron chi connectivity index (χ4n) is 4.40. The molecule has 4 rings (SSSR count). The molecular weight excluding hydrogens is 359 g/mol. The van der Waals surface area contributed by atoms with E-state index >= 15 is 0 Å². The number of halogens is 1. The number of nitrogens with zero attached hydrogens (tertiary/aromatic N) is 4. The highest BCUT2D eigenvalue weighted by molar-refractivity contribution is 5.84. The van der Waals surface area contributed by atoms with E-state index in [1.807, 2.05) is 11.0 Å². The molecule has 2 fully saturated rings. The molecule has 2 aliphatic heterocycles. The summed E-state index contributed by atoms with van der Waals surface area (Å²) in [6.45, 7) is 3.35. The number of aromatic nitrogens is 2. The summed E-state index contributed by atoms with van der Waals surface area (Å²) in [6.07, 6.45) is 6.24. The van der Waals surface area contributed by atoms with Gasteiger partial charge < -0.3 is 9.64 Å². The Labute approximate surface area is 164 Å². The van der Waals surface area contributed by atoms with E-state index in [0.717, 1.165) is 37.9 Å². The lowest BCUT2D eigenvalue weighted by Crippen LogP contribution is -2.49.